The van der Waals surface area contributed by atoms with E-state index in [9.17, 15) is 44.3 Å². The van der Waals surface area contributed by atoms with Crippen LogP contribution >= 0.6 is 11.3 Å². The molecule has 0 saturated carbocycles. The summed E-state index contributed by atoms with van der Waals surface area (Å²) in [5, 5.41) is 7.51. The van der Waals surface area contributed by atoms with Gasteiger partial charge in [-0.15, -0.1) is 31.4 Å². The molecule has 4 aromatic rings. The number of nitrogens with one attached hydrogen (secondary N) is 1. The van der Waals surface area contributed by atoms with E-state index in [0.29, 0.717) is 16.4 Å². The average molecular weight is 721 g/mol. The molecule has 1 aliphatic rings. The van der Waals surface area contributed by atoms with E-state index in [2.05, 4.69) is 24.9 Å². The number of benzene rings is 2. The van der Waals surface area contributed by atoms with Crippen LogP contribution < -0.4 is 25.2 Å². The lowest BCUT2D eigenvalue weighted by atomic mass is 10.1. The lowest BCUT2D eigenvalue weighted by Crippen LogP contribution is -2.60. The highest BCUT2D eigenvalue weighted by atomic mass is 32.2. The van der Waals surface area contributed by atoms with Gasteiger partial charge < -0.3 is 19.7 Å². The maximum Gasteiger partial charge on any atom is 0.573 e. The Hall–Kier alpha value is -4.43. The molecule has 2 aromatic carbocycles. The second kappa shape index (κ2) is 13.2. The molecule has 5 rings (SSSR count). The van der Waals surface area contributed by atoms with Gasteiger partial charge in [-0.25, -0.2) is 12.9 Å². The third-order valence-electron chi connectivity index (χ3n) is 7.05. The van der Waals surface area contributed by atoms with Gasteiger partial charge in [0, 0.05) is 32.2 Å². The number of alkyl halides is 6. The highest BCUT2D eigenvalue weighted by molar-refractivity contribution is 7.89. The number of aromatic nitrogens is 3. The molecule has 0 radical (unpaired) electrons. The standard InChI is InChI=1S/C28H26F6N6O6S2/c1-16(2)21-13-23(41)36-25-40(21)37-26(47-25)38-11-12-39(48(43,44)20-9-7-19(8-10-20)46-28(32,33)34)22(15-38)24(42)35-14-17-3-5-18(6-4-17)45-27(29,30)31/h3-10,13,16,22H,11-12,14-15H2,1-2H3,(H,35,42)/t22-/m1/s1. The van der Waals surface area contributed by atoms with Crippen LogP contribution in [0.3, 0.4) is 0 Å². The summed E-state index contributed by atoms with van der Waals surface area (Å²) in [6.45, 7) is 3.11. The zero-order valence-electron chi connectivity index (χ0n) is 24.9. The van der Waals surface area contributed by atoms with Gasteiger partial charge in [0.15, 0.2) is 0 Å². The van der Waals surface area contributed by atoms with Crippen molar-refractivity contribution in [2.75, 3.05) is 24.5 Å². The predicted octanol–water partition coefficient (Wildman–Crippen LogP) is 4.27. The summed E-state index contributed by atoms with van der Waals surface area (Å²) in [7, 11) is -4.47. The Morgan fingerprint density at radius 1 is 0.979 bits per heavy atom. The van der Waals surface area contributed by atoms with Crippen LogP contribution in [0, 0.1) is 0 Å². The number of fused-ring (bicyclic) bond motifs is 1. The number of sulfonamides is 1. The molecule has 0 bridgehead atoms. The molecule has 0 spiro atoms. The molecule has 1 saturated heterocycles. The van der Waals surface area contributed by atoms with Crippen LogP contribution in [0.4, 0.5) is 31.5 Å². The molecule has 3 heterocycles. The Kier molecular flexibility index (Phi) is 9.62. The molecule has 1 fully saturated rings. The molecule has 1 atom stereocenters. The number of nitrogens with zero attached hydrogens (tertiary/aromatic N) is 5. The van der Waals surface area contributed by atoms with Crippen LogP contribution in [-0.2, 0) is 21.4 Å². The second-order valence-corrected chi connectivity index (χ2v) is 13.6. The molecule has 0 aliphatic carbocycles. The molecule has 1 N–H and O–H groups in total. The number of amides is 1. The van der Waals surface area contributed by atoms with E-state index in [1.165, 1.54) is 22.7 Å². The largest absolute Gasteiger partial charge is 0.573 e. The SMILES string of the molecule is CC(C)c1cc(=O)nc2sc(N3CCN(S(=O)(=O)c4ccc(OC(F)(F)F)cc4)[C@@H](C(=O)NCc4ccc(OC(F)(F)F)cc4)C3)nn12. The van der Waals surface area contributed by atoms with Crippen molar-refractivity contribution in [2.45, 2.75) is 50.0 Å². The van der Waals surface area contributed by atoms with Crippen molar-refractivity contribution in [3.8, 4) is 11.5 Å². The Morgan fingerprint density at radius 3 is 2.12 bits per heavy atom. The topological polar surface area (TPSA) is 135 Å². The first-order chi connectivity index (χ1) is 22.4. The van der Waals surface area contributed by atoms with E-state index in [0.717, 1.165) is 52.0 Å². The smallest absolute Gasteiger partial charge is 0.406 e. The summed E-state index contributed by atoms with van der Waals surface area (Å²) in [4.78, 5) is 31.3. The molecular weight excluding hydrogens is 694 g/mol. The Morgan fingerprint density at radius 2 is 1.56 bits per heavy atom. The fraction of sp³-hybridized carbons (Fsp3) is 0.357. The number of piperazine rings is 1. The van der Waals surface area contributed by atoms with Crippen LogP contribution in [0.5, 0.6) is 11.5 Å². The summed E-state index contributed by atoms with van der Waals surface area (Å²) in [6, 6.07) is 8.15. The Labute approximate surface area is 272 Å². The second-order valence-electron chi connectivity index (χ2n) is 10.8. The molecule has 12 nitrogen and oxygen atoms in total. The summed E-state index contributed by atoms with van der Waals surface area (Å²) in [6.07, 6.45) is -9.89. The minimum absolute atomic E-state index is 0.0422. The third kappa shape index (κ3) is 8.16. The molecule has 1 amide bonds. The number of carbonyl (C=O) groups excluding carboxylic acids is 1. The van der Waals surface area contributed by atoms with E-state index in [1.54, 1.807) is 4.90 Å². The third-order valence-corrected chi connectivity index (χ3v) is 9.95. The van der Waals surface area contributed by atoms with Gasteiger partial charge >= 0.3 is 12.7 Å². The summed E-state index contributed by atoms with van der Waals surface area (Å²) in [5.41, 5.74) is 0.503. The number of hydrogen-bond donors (Lipinski definition) is 1. The van der Waals surface area contributed by atoms with Crippen molar-refractivity contribution in [2.24, 2.45) is 0 Å². The van der Waals surface area contributed by atoms with Crippen molar-refractivity contribution in [3.63, 3.8) is 0 Å². The van der Waals surface area contributed by atoms with Gasteiger partial charge in [0.1, 0.15) is 17.5 Å². The molecule has 20 heteroatoms. The van der Waals surface area contributed by atoms with Crippen molar-refractivity contribution < 1.29 is 49.0 Å². The Balaban J connectivity index is 1.42. The zero-order chi connectivity index (χ0) is 35.0. The first-order valence-corrected chi connectivity index (χ1v) is 16.3. The minimum Gasteiger partial charge on any atom is -0.406 e. The fourth-order valence-electron chi connectivity index (χ4n) is 4.87. The monoisotopic (exact) mass is 720 g/mol. The minimum atomic E-state index is -4.99. The van der Waals surface area contributed by atoms with Crippen molar-refractivity contribution in [3.05, 3.63) is 76.2 Å². The van der Waals surface area contributed by atoms with E-state index in [4.69, 9.17) is 0 Å². The number of anilines is 1. The summed E-state index contributed by atoms with van der Waals surface area (Å²) in [5.74, 6) is -1.98. The number of ether oxygens (including phenoxy) is 2. The zero-order valence-corrected chi connectivity index (χ0v) is 26.6. The highest BCUT2D eigenvalue weighted by Gasteiger charge is 2.41. The lowest BCUT2D eigenvalue weighted by molar-refractivity contribution is -0.275. The van der Waals surface area contributed by atoms with Crippen molar-refractivity contribution in [1.82, 2.24) is 24.2 Å². The fourth-order valence-corrected chi connectivity index (χ4v) is 7.39. The normalized spacial score (nSPS) is 16.4. The summed E-state index contributed by atoms with van der Waals surface area (Å²) < 4.78 is 113. The first kappa shape index (κ1) is 34.9. The van der Waals surface area contributed by atoms with E-state index in [1.807, 2.05) is 13.8 Å². The van der Waals surface area contributed by atoms with Gasteiger partial charge in [0.05, 0.1) is 10.6 Å². The molecule has 0 unspecified atom stereocenters. The summed E-state index contributed by atoms with van der Waals surface area (Å²) >= 11 is 1.06. The van der Waals surface area contributed by atoms with Crippen LogP contribution in [0.2, 0.25) is 0 Å². The molecule has 2 aromatic heterocycles. The number of halogens is 6. The van der Waals surface area contributed by atoms with Gasteiger partial charge in [0.25, 0.3) is 5.56 Å². The Bertz CT molecular complexity index is 1950. The van der Waals surface area contributed by atoms with Gasteiger partial charge in [-0.2, -0.15) is 9.29 Å². The lowest BCUT2D eigenvalue weighted by Gasteiger charge is -2.39. The van der Waals surface area contributed by atoms with Crippen LogP contribution in [0.25, 0.3) is 4.96 Å². The van der Waals surface area contributed by atoms with Gasteiger partial charge in [0.2, 0.25) is 26.0 Å². The van der Waals surface area contributed by atoms with E-state index >= 15 is 0 Å². The predicted molar refractivity (Wildman–Crippen MR) is 159 cm³/mol. The van der Waals surface area contributed by atoms with Gasteiger partial charge in [-0.3, -0.25) is 9.59 Å². The molecule has 258 valence electrons. The molecule has 1 aliphatic heterocycles. The molecular formula is C28H26F6N6O6S2. The van der Waals surface area contributed by atoms with Crippen molar-refractivity contribution in [1.29, 1.82) is 0 Å². The van der Waals surface area contributed by atoms with Crippen LogP contribution in [-0.4, -0.2) is 71.6 Å². The average Bonchev–Trinajstić information content (AvgIpc) is 3.42. The quantitative estimate of drug-likeness (QED) is 0.252. The van der Waals surface area contributed by atoms with Crippen LogP contribution in [0.1, 0.15) is 31.0 Å². The highest BCUT2D eigenvalue weighted by Crippen LogP contribution is 2.31. The van der Waals surface area contributed by atoms with Crippen LogP contribution in [0.15, 0.2) is 64.3 Å². The number of carbonyl (C=O) groups is 1. The number of rotatable bonds is 9. The molecule has 48 heavy (non-hydrogen) atoms. The van der Waals surface area contributed by atoms with E-state index < -0.39 is 56.7 Å². The van der Waals surface area contributed by atoms with Gasteiger partial charge in [-0.05, 0) is 47.9 Å². The van der Waals surface area contributed by atoms with E-state index in [-0.39, 0.29) is 37.1 Å². The first-order valence-electron chi connectivity index (χ1n) is 14.1. The maximum atomic E-state index is 13.8. The maximum absolute atomic E-state index is 13.8. The number of hydrogen-bond acceptors (Lipinski definition) is 10. The van der Waals surface area contributed by atoms with Gasteiger partial charge in [-0.1, -0.05) is 37.3 Å². The van der Waals surface area contributed by atoms with Crippen molar-refractivity contribution >= 4 is 37.4 Å².